The van der Waals surface area contributed by atoms with E-state index in [9.17, 15) is 14.9 Å². The Hall–Kier alpha value is -2.28. The van der Waals surface area contributed by atoms with Crippen molar-refractivity contribution in [3.8, 4) is 17.6 Å². The van der Waals surface area contributed by atoms with E-state index in [2.05, 4.69) is 5.32 Å². The highest BCUT2D eigenvalue weighted by Crippen LogP contribution is 2.34. The van der Waals surface area contributed by atoms with Crippen LogP contribution in [0.25, 0.3) is 6.08 Å². The van der Waals surface area contributed by atoms with Gasteiger partial charge in [-0.05, 0) is 66.1 Å². The van der Waals surface area contributed by atoms with Crippen molar-refractivity contribution >= 4 is 40.5 Å². The molecular formula is C20H23IN2O5. The highest BCUT2D eigenvalue weighted by Gasteiger charge is 2.20. The number of carbonyl (C=O) groups is 2. The zero-order valence-electron chi connectivity index (χ0n) is 15.9. The number of nitrogens with zero attached hydrogens (tertiary/aromatic N) is 1. The predicted molar refractivity (Wildman–Crippen MR) is 112 cm³/mol. The Morgan fingerprint density at radius 3 is 2.68 bits per heavy atom. The standard InChI is InChI=1S/C20H23IN2O5/c1-3-27-18(24)12-28-19-16(21)9-13(10-17(19)26-2)8-14(11-22)20(25)23-15-6-4-5-7-15/h8-10,15H,3-7,12H2,1-2H3,(H,23,25)/b14-8-. The average molecular weight is 498 g/mol. The van der Waals surface area contributed by atoms with Crippen LogP contribution in [-0.2, 0) is 14.3 Å². The molecule has 150 valence electrons. The minimum Gasteiger partial charge on any atom is -0.493 e. The second kappa shape index (κ2) is 10.9. The second-order valence-electron chi connectivity index (χ2n) is 6.25. The van der Waals surface area contributed by atoms with Crippen LogP contribution in [0.15, 0.2) is 17.7 Å². The molecule has 1 saturated carbocycles. The molecule has 0 saturated heterocycles. The Labute approximate surface area is 178 Å². The molecule has 0 spiro atoms. The number of nitrogens with one attached hydrogen (secondary N) is 1. The third-order valence-electron chi connectivity index (χ3n) is 4.26. The van der Waals surface area contributed by atoms with E-state index in [0.29, 0.717) is 20.6 Å². The number of halogens is 1. The van der Waals surface area contributed by atoms with Crippen molar-refractivity contribution in [2.75, 3.05) is 20.3 Å². The Morgan fingerprint density at radius 1 is 1.36 bits per heavy atom. The average Bonchev–Trinajstić information content (AvgIpc) is 3.17. The summed E-state index contributed by atoms with van der Waals surface area (Å²) in [4.78, 5) is 23.9. The van der Waals surface area contributed by atoms with Gasteiger partial charge >= 0.3 is 5.97 Å². The molecule has 1 aliphatic rings. The molecule has 0 aliphatic heterocycles. The summed E-state index contributed by atoms with van der Waals surface area (Å²) in [5.74, 6) is -0.0381. The van der Waals surface area contributed by atoms with Gasteiger partial charge in [0.15, 0.2) is 18.1 Å². The number of esters is 1. The van der Waals surface area contributed by atoms with Crippen LogP contribution in [0.1, 0.15) is 38.2 Å². The summed E-state index contributed by atoms with van der Waals surface area (Å²) in [6.45, 7) is 1.77. The largest absolute Gasteiger partial charge is 0.493 e. The molecule has 1 aromatic carbocycles. The topological polar surface area (TPSA) is 97.7 Å². The molecule has 0 atom stereocenters. The van der Waals surface area contributed by atoms with Crippen molar-refractivity contribution in [1.82, 2.24) is 5.32 Å². The number of methoxy groups -OCH3 is 1. The van der Waals surface area contributed by atoms with Gasteiger partial charge in [-0.2, -0.15) is 5.26 Å². The Kier molecular flexibility index (Phi) is 8.57. The van der Waals surface area contributed by atoms with E-state index in [1.165, 1.54) is 13.2 Å². The summed E-state index contributed by atoms with van der Waals surface area (Å²) in [5.41, 5.74) is 0.660. The van der Waals surface area contributed by atoms with Gasteiger partial charge in [0, 0.05) is 6.04 Å². The first kappa shape index (κ1) is 22.0. The van der Waals surface area contributed by atoms with Gasteiger partial charge in [0.25, 0.3) is 5.91 Å². The third-order valence-corrected chi connectivity index (χ3v) is 5.06. The van der Waals surface area contributed by atoms with Gasteiger partial charge in [0.05, 0.1) is 17.3 Å². The third kappa shape index (κ3) is 6.12. The smallest absolute Gasteiger partial charge is 0.344 e. The van der Waals surface area contributed by atoms with Gasteiger partial charge in [-0.25, -0.2) is 4.79 Å². The van der Waals surface area contributed by atoms with Crippen LogP contribution < -0.4 is 14.8 Å². The molecule has 1 N–H and O–H groups in total. The molecule has 8 heteroatoms. The molecule has 0 unspecified atom stereocenters. The first-order valence-corrected chi connectivity index (χ1v) is 10.1. The van der Waals surface area contributed by atoms with Crippen LogP contribution in [0.4, 0.5) is 0 Å². The fraction of sp³-hybridized carbons (Fsp3) is 0.450. The van der Waals surface area contributed by atoms with Crippen LogP contribution in [0.2, 0.25) is 0 Å². The van der Waals surface area contributed by atoms with Gasteiger partial charge in [-0.1, -0.05) is 12.8 Å². The fourth-order valence-corrected chi connectivity index (χ4v) is 3.73. The summed E-state index contributed by atoms with van der Waals surface area (Å²) >= 11 is 2.05. The van der Waals surface area contributed by atoms with Crippen LogP contribution in [-0.4, -0.2) is 38.2 Å². The molecular weight excluding hydrogens is 475 g/mol. The van der Waals surface area contributed by atoms with Crippen LogP contribution >= 0.6 is 22.6 Å². The lowest BCUT2D eigenvalue weighted by Crippen LogP contribution is -2.33. The predicted octanol–water partition coefficient (Wildman–Crippen LogP) is 3.21. The van der Waals surface area contributed by atoms with Crippen molar-refractivity contribution in [3.05, 3.63) is 26.8 Å². The van der Waals surface area contributed by atoms with E-state index in [4.69, 9.17) is 14.2 Å². The zero-order valence-corrected chi connectivity index (χ0v) is 18.1. The maximum Gasteiger partial charge on any atom is 0.344 e. The molecule has 1 fully saturated rings. The highest BCUT2D eigenvalue weighted by molar-refractivity contribution is 14.1. The van der Waals surface area contributed by atoms with E-state index in [1.807, 2.05) is 28.7 Å². The Balaban J connectivity index is 2.18. The van der Waals surface area contributed by atoms with Crippen molar-refractivity contribution in [3.63, 3.8) is 0 Å². The molecule has 0 heterocycles. The summed E-state index contributed by atoms with van der Waals surface area (Å²) in [7, 11) is 1.48. The maximum absolute atomic E-state index is 12.4. The number of amides is 1. The molecule has 0 bridgehead atoms. The van der Waals surface area contributed by atoms with Gasteiger partial charge < -0.3 is 19.5 Å². The lowest BCUT2D eigenvalue weighted by Gasteiger charge is -2.14. The van der Waals surface area contributed by atoms with E-state index in [-0.39, 0.29) is 30.7 Å². The van der Waals surface area contributed by atoms with Gasteiger partial charge in [-0.3, -0.25) is 4.79 Å². The first-order chi connectivity index (χ1) is 13.5. The molecule has 7 nitrogen and oxygen atoms in total. The maximum atomic E-state index is 12.4. The van der Waals surface area contributed by atoms with Crippen molar-refractivity contribution in [1.29, 1.82) is 5.26 Å². The SMILES string of the molecule is CCOC(=O)COc1c(I)cc(/C=C(/C#N)C(=O)NC2CCCC2)cc1OC. The molecule has 28 heavy (non-hydrogen) atoms. The minimum absolute atomic E-state index is 0.0324. The summed E-state index contributed by atoms with van der Waals surface area (Å²) < 4.78 is 16.4. The van der Waals surface area contributed by atoms with Crippen LogP contribution in [0, 0.1) is 14.9 Å². The molecule has 1 aromatic rings. The van der Waals surface area contributed by atoms with Gasteiger partial charge in [-0.15, -0.1) is 0 Å². The number of nitriles is 1. The monoisotopic (exact) mass is 498 g/mol. The van der Waals surface area contributed by atoms with Crippen LogP contribution in [0.5, 0.6) is 11.5 Å². The number of rotatable bonds is 8. The lowest BCUT2D eigenvalue weighted by atomic mass is 10.1. The van der Waals surface area contributed by atoms with Crippen molar-refractivity contribution in [2.45, 2.75) is 38.6 Å². The van der Waals surface area contributed by atoms with Crippen molar-refractivity contribution < 1.29 is 23.8 Å². The lowest BCUT2D eigenvalue weighted by molar-refractivity contribution is -0.145. The van der Waals surface area contributed by atoms with E-state index < -0.39 is 5.97 Å². The molecule has 0 aromatic heterocycles. The molecule has 2 rings (SSSR count). The molecule has 1 amide bonds. The molecule has 1 aliphatic carbocycles. The van der Waals surface area contributed by atoms with Crippen molar-refractivity contribution in [2.24, 2.45) is 0 Å². The number of carbonyl (C=O) groups excluding carboxylic acids is 2. The van der Waals surface area contributed by atoms with E-state index in [0.717, 1.165) is 25.7 Å². The van der Waals surface area contributed by atoms with Crippen LogP contribution in [0.3, 0.4) is 0 Å². The minimum atomic E-state index is -0.473. The zero-order chi connectivity index (χ0) is 20.5. The van der Waals surface area contributed by atoms with Gasteiger partial charge in [0.1, 0.15) is 11.6 Å². The Morgan fingerprint density at radius 2 is 2.07 bits per heavy atom. The normalized spacial score (nSPS) is 14.3. The summed E-state index contributed by atoms with van der Waals surface area (Å²) in [6, 6.07) is 5.51. The number of benzene rings is 1. The number of hydrogen-bond acceptors (Lipinski definition) is 6. The Bertz CT molecular complexity index is 795. The summed E-state index contributed by atoms with van der Waals surface area (Å²) in [6.07, 6.45) is 5.61. The quantitative estimate of drug-likeness (QED) is 0.256. The summed E-state index contributed by atoms with van der Waals surface area (Å²) in [5, 5.41) is 12.3. The highest BCUT2D eigenvalue weighted by atomic mass is 127. The number of ether oxygens (including phenoxy) is 3. The van der Waals surface area contributed by atoms with Gasteiger partial charge in [0.2, 0.25) is 0 Å². The second-order valence-corrected chi connectivity index (χ2v) is 7.41. The molecule has 0 radical (unpaired) electrons. The van der Waals surface area contributed by atoms with E-state index in [1.54, 1.807) is 19.1 Å². The number of hydrogen-bond donors (Lipinski definition) is 1. The fourth-order valence-electron chi connectivity index (χ4n) is 2.95. The first-order valence-electron chi connectivity index (χ1n) is 9.07. The van der Waals surface area contributed by atoms with E-state index >= 15 is 0 Å².